The number of benzene rings is 2. The van der Waals surface area contributed by atoms with Crippen LogP contribution in [0.3, 0.4) is 0 Å². The quantitative estimate of drug-likeness (QED) is 0.543. The minimum atomic E-state index is -3.96. The molecule has 2 amide bonds. The van der Waals surface area contributed by atoms with Crippen molar-refractivity contribution in [1.29, 1.82) is 0 Å². The number of urea groups is 1. The van der Waals surface area contributed by atoms with Gasteiger partial charge in [0.2, 0.25) is 0 Å². The van der Waals surface area contributed by atoms with Gasteiger partial charge in [-0.2, -0.15) is 0 Å². The fraction of sp³-hybridized carbons (Fsp3) is 0.360. The van der Waals surface area contributed by atoms with E-state index >= 15 is 0 Å². The van der Waals surface area contributed by atoms with Crippen LogP contribution in [0.2, 0.25) is 0 Å². The van der Waals surface area contributed by atoms with E-state index in [1.807, 2.05) is 12.1 Å². The molecule has 0 unspecified atom stereocenters. The number of alkyl halides is 2. The number of amides is 2. The van der Waals surface area contributed by atoms with E-state index in [0.717, 1.165) is 23.4 Å². The van der Waals surface area contributed by atoms with Gasteiger partial charge < -0.3 is 14.7 Å². The van der Waals surface area contributed by atoms with Crippen molar-refractivity contribution >= 4 is 21.7 Å². The Labute approximate surface area is 207 Å². The first-order chi connectivity index (χ1) is 17.2. The average molecular weight is 517 g/mol. The molecule has 2 aliphatic rings. The molecule has 36 heavy (non-hydrogen) atoms. The van der Waals surface area contributed by atoms with Crippen molar-refractivity contribution in [2.45, 2.75) is 43.0 Å². The average Bonchev–Trinajstić information content (AvgIpc) is 3.45. The highest BCUT2D eigenvalue weighted by Crippen LogP contribution is 2.48. The number of likely N-dealkylation sites (tertiary alicyclic amines) is 1. The third-order valence-electron chi connectivity index (χ3n) is 7.01. The molecule has 1 spiro atoms. The Morgan fingerprint density at radius 1 is 1.14 bits per heavy atom. The van der Waals surface area contributed by atoms with E-state index in [1.165, 1.54) is 16.4 Å². The molecule has 5 rings (SSSR count). The van der Waals surface area contributed by atoms with Gasteiger partial charge in [-0.3, -0.25) is 4.31 Å². The molecular formula is C25H26F2N4O4S. The lowest BCUT2D eigenvalue weighted by Gasteiger charge is -2.39. The molecule has 0 atom stereocenters. The molecule has 0 bridgehead atoms. The highest BCUT2D eigenvalue weighted by Gasteiger charge is 2.48. The fourth-order valence-corrected chi connectivity index (χ4v) is 6.62. The molecule has 0 radical (unpaired) electrons. The smallest absolute Gasteiger partial charge is 0.317 e. The maximum absolute atomic E-state index is 13.5. The van der Waals surface area contributed by atoms with Gasteiger partial charge in [-0.25, -0.2) is 22.0 Å². The van der Waals surface area contributed by atoms with Gasteiger partial charge in [-0.05, 0) is 43.5 Å². The Hall–Kier alpha value is -3.47. The maximum atomic E-state index is 13.5. The molecule has 1 saturated heterocycles. The molecule has 190 valence electrons. The van der Waals surface area contributed by atoms with Crippen LogP contribution < -0.4 is 9.62 Å². The van der Waals surface area contributed by atoms with Crippen LogP contribution in [0.15, 0.2) is 64.0 Å². The SMILES string of the molecule is Cc1cc(CNC(=O)N2CCC3(CC2)CN(S(=O)(=O)c2ccc(C(F)F)cc2)c2ccccc23)on1. The molecule has 11 heteroatoms. The standard InChI is InChI=1S/C25H26F2N4O4S/c1-17-14-19(35-29-17)15-28-24(32)30-12-10-25(11-13-30)16-31(22-5-3-2-4-21(22)25)36(33,34)20-8-6-18(7-9-20)23(26)27/h2-9,14,23H,10-13,15-16H2,1H3,(H,28,32). The fourth-order valence-electron chi connectivity index (χ4n) is 5.05. The highest BCUT2D eigenvalue weighted by molar-refractivity contribution is 7.92. The summed E-state index contributed by atoms with van der Waals surface area (Å²) in [4.78, 5) is 14.4. The van der Waals surface area contributed by atoms with Crippen LogP contribution in [-0.2, 0) is 22.0 Å². The van der Waals surface area contributed by atoms with E-state index in [-0.39, 0.29) is 29.6 Å². The second-order valence-corrected chi connectivity index (χ2v) is 11.1. The molecule has 0 saturated carbocycles. The zero-order chi connectivity index (χ0) is 25.5. The molecule has 3 aromatic rings. The Kier molecular flexibility index (Phi) is 6.19. The third kappa shape index (κ3) is 4.32. The summed E-state index contributed by atoms with van der Waals surface area (Å²) in [6, 6.07) is 13.7. The molecule has 2 aromatic carbocycles. The van der Waals surface area contributed by atoms with Crippen molar-refractivity contribution in [2.75, 3.05) is 23.9 Å². The van der Waals surface area contributed by atoms with Crippen LogP contribution in [0.4, 0.5) is 19.3 Å². The summed E-state index contributed by atoms with van der Waals surface area (Å²) >= 11 is 0. The number of carbonyl (C=O) groups is 1. The maximum Gasteiger partial charge on any atom is 0.317 e. The van der Waals surface area contributed by atoms with Crippen molar-refractivity contribution in [1.82, 2.24) is 15.4 Å². The minimum Gasteiger partial charge on any atom is -0.359 e. The van der Waals surface area contributed by atoms with Crippen molar-refractivity contribution < 1.29 is 26.5 Å². The summed E-state index contributed by atoms with van der Waals surface area (Å²) in [5, 5.41) is 6.65. The van der Waals surface area contributed by atoms with Gasteiger partial charge in [-0.1, -0.05) is 35.5 Å². The van der Waals surface area contributed by atoms with Gasteiger partial charge in [0.1, 0.15) is 0 Å². The normalized spacial score (nSPS) is 17.0. The highest BCUT2D eigenvalue weighted by atomic mass is 32.2. The molecule has 1 N–H and O–H groups in total. The molecular weight excluding hydrogens is 490 g/mol. The topological polar surface area (TPSA) is 95.8 Å². The van der Waals surface area contributed by atoms with Crippen LogP contribution in [0.25, 0.3) is 0 Å². The zero-order valence-corrected chi connectivity index (χ0v) is 20.5. The van der Waals surface area contributed by atoms with E-state index < -0.39 is 21.9 Å². The predicted octanol–water partition coefficient (Wildman–Crippen LogP) is 4.37. The number of nitrogens with one attached hydrogen (secondary N) is 1. The van der Waals surface area contributed by atoms with Gasteiger partial charge in [0, 0.05) is 36.7 Å². The van der Waals surface area contributed by atoms with Crippen LogP contribution >= 0.6 is 0 Å². The monoisotopic (exact) mass is 516 g/mol. The van der Waals surface area contributed by atoms with Crippen molar-refractivity contribution in [3.05, 3.63) is 77.2 Å². The molecule has 1 aromatic heterocycles. The zero-order valence-electron chi connectivity index (χ0n) is 19.7. The van der Waals surface area contributed by atoms with Crippen LogP contribution in [-0.4, -0.2) is 44.1 Å². The molecule has 1 fully saturated rings. The second-order valence-electron chi connectivity index (χ2n) is 9.26. The van der Waals surface area contributed by atoms with Crippen molar-refractivity contribution in [2.24, 2.45) is 0 Å². The lowest BCUT2D eigenvalue weighted by Crippen LogP contribution is -2.50. The van der Waals surface area contributed by atoms with Gasteiger partial charge in [0.15, 0.2) is 5.76 Å². The van der Waals surface area contributed by atoms with Crippen molar-refractivity contribution in [3.8, 4) is 0 Å². The Morgan fingerprint density at radius 2 is 1.83 bits per heavy atom. The number of halogens is 2. The molecule has 0 aliphatic carbocycles. The summed E-state index contributed by atoms with van der Waals surface area (Å²) in [5.74, 6) is 0.571. The van der Waals surface area contributed by atoms with E-state index in [2.05, 4.69) is 10.5 Å². The predicted molar refractivity (Wildman–Crippen MR) is 128 cm³/mol. The largest absolute Gasteiger partial charge is 0.359 e. The number of piperidine rings is 1. The lowest BCUT2D eigenvalue weighted by atomic mass is 9.74. The molecule has 2 aliphatic heterocycles. The van der Waals surface area contributed by atoms with Gasteiger partial charge >= 0.3 is 6.03 Å². The van der Waals surface area contributed by atoms with Gasteiger partial charge in [0.05, 0.1) is 22.8 Å². The number of fused-ring (bicyclic) bond motifs is 2. The molecule has 3 heterocycles. The number of rotatable bonds is 5. The van der Waals surface area contributed by atoms with E-state index in [9.17, 15) is 22.0 Å². The Bertz CT molecular complexity index is 1370. The number of carbonyl (C=O) groups excluding carboxylic acids is 1. The van der Waals surface area contributed by atoms with Crippen molar-refractivity contribution in [3.63, 3.8) is 0 Å². The van der Waals surface area contributed by atoms with Gasteiger partial charge in [0.25, 0.3) is 16.4 Å². The third-order valence-corrected chi connectivity index (χ3v) is 8.78. The first-order valence-electron chi connectivity index (χ1n) is 11.6. The first kappa shape index (κ1) is 24.2. The number of nitrogens with zero attached hydrogens (tertiary/aromatic N) is 3. The number of hydrogen-bond donors (Lipinski definition) is 1. The van der Waals surface area contributed by atoms with E-state index in [0.29, 0.717) is 37.4 Å². The Morgan fingerprint density at radius 3 is 2.47 bits per heavy atom. The summed E-state index contributed by atoms with van der Waals surface area (Å²) in [7, 11) is -3.96. The van der Waals surface area contributed by atoms with Crippen LogP contribution in [0.1, 0.15) is 41.8 Å². The first-order valence-corrected chi connectivity index (χ1v) is 13.1. The number of aryl methyl sites for hydroxylation is 1. The number of hydrogen-bond acceptors (Lipinski definition) is 5. The summed E-state index contributed by atoms with van der Waals surface area (Å²) < 4.78 is 59.5. The summed E-state index contributed by atoms with van der Waals surface area (Å²) in [6.07, 6.45) is -1.48. The number of anilines is 1. The number of aromatic nitrogens is 1. The van der Waals surface area contributed by atoms with Crippen LogP contribution in [0, 0.1) is 6.92 Å². The van der Waals surface area contributed by atoms with E-state index in [1.54, 1.807) is 30.0 Å². The minimum absolute atomic E-state index is 0.0294. The number of para-hydroxylation sites is 1. The van der Waals surface area contributed by atoms with Crippen LogP contribution in [0.5, 0.6) is 0 Å². The second kappa shape index (κ2) is 9.20. The number of sulfonamides is 1. The summed E-state index contributed by atoms with van der Waals surface area (Å²) in [6.45, 7) is 3.21. The van der Waals surface area contributed by atoms with E-state index in [4.69, 9.17) is 4.52 Å². The lowest BCUT2D eigenvalue weighted by molar-refractivity contribution is 0.151. The summed E-state index contributed by atoms with van der Waals surface area (Å²) in [5.41, 5.74) is 1.59. The molecule has 8 nitrogen and oxygen atoms in total. The van der Waals surface area contributed by atoms with Gasteiger partial charge in [-0.15, -0.1) is 0 Å². The Balaban J connectivity index is 1.32.